The van der Waals surface area contributed by atoms with Crippen molar-refractivity contribution in [2.24, 2.45) is 0 Å². The van der Waals surface area contributed by atoms with Gasteiger partial charge in [-0.1, -0.05) is 0 Å². The summed E-state index contributed by atoms with van der Waals surface area (Å²) in [4.78, 5) is 23.7. The molecule has 1 aliphatic rings. The number of anilines is 1. The highest BCUT2D eigenvalue weighted by Gasteiger charge is 2.23. The molecular weight excluding hydrogens is 428 g/mol. The average Bonchev–Trinajstić information content (AvgIpc) is 3.37. The maximum Gasteiger partial charge on any atom is 0.361 e. The number of aromatic nitrogens is 3. The smallest absolute Gasteiger partial charge is 0.361 e. The van der Waals surface area contributed by atoms with E-state index < -0.39 is 22.8 Å². The Morgan fingerprint density at radius 3 is 2.73 bits per heavy atom. The zero-order chi connectivity index (χ0) is 21.1. The number of nitrogens with zero attached hydrogens (tertiary/aromatic N) is 3. The fourth-order valence-corrected chi connectivity index (χ4v) is 5.17. The average molecular weight is 447 g/mol. The number of thiazole rings is 1. The molecule has 2 aromatic heterocycles. The van der Waals surface area contributed by atoms with Gasteiger partial charge in [0.2, 0.25) is 11.1 Å². The molecule has 0 saturated carbocycles. The lowest BCUT2D eigenvalue weighted by Gasteiger charge is -2.15. The quantitative estimate of drug-likeness (QED) is 0.434. The van der Waals surface area contributed by atoms with Gasteiger partial charge in [-0.3, -0.25) is 9.71 Å². The van der Waals surface area contributed by atoms with Crippen molar-refractivity contribution < 1.29 is 22.7 Å². The normalized spacial score (nSPS) is 13.0. The largest absolute Gasteiger partial charge is 0.455 e. The summed E-state index contributed by atoms with van der Waals surface area (Å²) in [7, 11) is -3.87. The standard InChI is InChI=1S/C19H18N4O5S2/c1-12-10-29-19(22-12)30(25,26)23-15-7-13-3-2-4-14(13)8-17(15)27-11-28-18(24)16-9-20-5-6-21-16/h5-10,23H,2-4,11H2,1H3. The van der Waals surface area contributed by atoms with Crippen molar-refractivity contribution in [3.63, 3.8) is 0 Å². The third kappa shape index (κ3) is 4.41. The number of carbonyl (C=O) groups is 1. The molecule has 0 saturated heterocycles. The third-order valence-electron chi connectivity index (χ3n) is 4.44. The highest BCUT2D eigenvalue weighted by molar-refractivity contribution is 7.94. The van der Waals surface area contributed by atoms with E-state index in [1.54, 1.807) is 24.4 Å². The Morgan fingerprint density at radius 1 is 1.23 bits per heavy atom. The summed E-state index contributed by atoms with van der Waals surface area (Å²) in [6.07, 6.45) is 6.84. The number of rotatable bonds is 7. The second-order valence-electron chi connectivity index (χ2n) is 6.62. The van der Waals surface area contributed by atoms with Crippen molar-refractivity contribution in [1.82, 2.24) is 15.0 Å². The van der Waals surface area contributed by atoms with Gasteiger partial charge in [0.05, 0.1) is 11.9 Å². The summed E-state index contributed by atoms with van der Waals surface area (Å²) in [5, 5.41) is 1.67. The predicted octanol–water partition coefficient (Wildman–Crippen LogP) is 2.72. The molecule has 0 spiro atoms. The Kier molecular flexibility index (Phi) is 5.64. The number of nitrogens with one attached hydrogen (secondary N) is 1. The zero-order valence-electron chi connectivity index (χ0n) is 16.0. The van der Waals surface area contributed by atoms with Crippen LogP contribution in [-0.2, 0) is 27.6 Å². The highest BCUT2D eigenvalue weighted by Crippen LogP contribution is 2.35. The van der Waals surface area contributed by atoms with Crippen LogP contribution in [0.2, 0.25) is 0 Å². The maximum atomic E-state index is 12.7. The predicted molar refractivity (Wildman–Crippen MR) is 109 cm³/mol. The molecule has 30 heavy (non-hydrogen) atoms. The molecule has 2 heterocycles. The molecule has 4 rings (SSSR count). The molecule has 0 fully saturated rings. The molecule has 0 bridgehead atoms. The van der Waals surface area contributed by atoms with Gasteiger partial charge >= 0.3 is 5.97 Å². The molecule has 156 valence electrons. The lowest BCUT2D eigenvalue weighted by Crippen LogP contribution is -2.16. The molecule has 3 aromatic rings. The third-order valence-corrected chi connectivity index (χ3v) is 7.18. The van der Waals surface area contributed by atoms with Crippen LogP contribution in [0.4, 0.5) is 5.69 Å². The first-order valence-corrected chi connectivity index (χ1v) is 11.5. The molecule has 1 N–H and O–H groups in total. The molecule has 0 radical (unpaired) electrons. The van der Waals surface area contributed by atoms with Crippen molar-refractivity contribution >= 4 is 33.0 Å². The van der Waals surface area contributed by atoms with E-state index in [2.05, 4.69) is 19.7 Å². The van der Waals surface area contributed by atoms with Crippen molar-refractivity contribution in [2.75, 3.05) is 11.5 Å². The Morgan fingerprint density at radius 2 is 2.03 bits per heavy atom. The molecule has 0 amide bonds. The van der Waals surface area contributed by atoms with Gasteiger partial charge in [0, 0.05) is 23.5 Å². The van der Waals surface area contributed by atoms with Gasteiger partial charge in [0.25, 0.3) is 10.0 Å². The van der Waals surface area contributed by atoms with Crippen LogP contribution in [0.5, 0.6) is 5.75 Å². The first-order chi connectivity index (χ1) is 14.4. The van der Waals surface area contributed by atoms with Crippen molar-refractivity contribution in [3.8, 4) is 5.75 Å². The van der Waals surface area contributed by atoms with Crippen LogP contribution in [0.25, 0.3) is 0 Å². The number of aryl methyl sites for hydroxylation is 3. The maximum absolute atomic E-state index is 12.7. The van der Waals surface area contributed by atoms with E-state index in [9.17, 15) is 13.2 Å². The minimum Gasteiger partial charge on any atom is -0.455 e. The second-order valence-corrected chi connectivity index (χ2v) is 9.33. The van der Waals surface area contributed by atoms with Crippen molar-refractivity contribution in [1.29, 1.82) is 0 Å². The van der Waals surface area contributed by atoms with Crippen LogP contribution in [0.15, 0.2) is 40.4 Å². The van der Waals surface area contributed by atoms with Crippen LogP contribution in [-0.4, -0.2) is 36.1 Å². The number of hydrogen-bond acceptors (Lipinski definition) is 9. The number of esters is 1. The lowest BCUT2D eigenvalue weighted by molar-refractivity contribution is 0.0149. The molecule has 11 heteroatoms. The van der Waals surface area contributed by atoms with Crippen LogP contribution in [0.3, 0.4) is 0 Å². The van der Waals surface area contributed by atoms with Crippen LogP contribution in [0, 0.1) is 6.92 Å². The Hall–Kier alpha value is -3.05. The van der Waals surface area contributed by atoms with E-state index in [1.807, 2.05) is 0 Å². The zero-order valence-corrected chi connectivity index (χ0v) is 17.6. The highest BCUT2D eigenvalue weighted by atomic mass is 32.2. The SMILES string of the molecule is Cc1csc(S(=O)(=O)Nc2cc3c(cc2OCOC(=O)c2cnccn2)CCC3)n1. The van der Waals surface area contributed by atoms with Crippen LogP contribution >= 0.6 is 11.3 Å². The summed E-state index contributed by atoms with van der Waals surface area (Å²) >= 11 is 1.04. The summed E-state index contributed by atoms with van der Waals surface area (Å²) in [6.45, 7) is 1.32. The Bertz CT molecular complexity index is 1180. The number of hydrogen-bond donors (Lipinski definition) is 1. The number of sulfonamides is 1. The number of carbonyl (C=O) groups excluding carboxylic acids is 1. The number of fused-ring (bicyclic) bond motifs is 1. The minimum atomic E-state index is -3.87. The summed E-state index contributed by atoms with van der Waals surface area (Å²) in [5.41, 5.74) is 3.10. The summed E-state index contributed by atoms with van der Waals surface area (Å²) in [5.74, 6) is -0.413. The molecule has 0 unspecified atom stereocenters. The molecule has 9 nitrogen and oxygen atoms in total. The van der Waals surface area contributed by atoms with E-state index >= 15 is 0 Å². The first kappa shape index (κ1) is 20.2. The molecule has 1 aromatic carbocycles. The van der Waals surface area contributed by atoms with Gasteiger partial charge in [-0.2, -0.15) is 8.42 Å². The van der Waals surface area contributed by atoms with Crippen LogP contribution < -0.4 is 9.46 Å². The fraction of sp³-hybridized carbons (Fsp3) is 0.263. The second kappa shape index (κ2) is 8.36. The van der Waals surface area contributed by atoms with Gasteiger partial charge in [-0.15, -0.1) is 11.3 Å². The lowest BCUT2D eigenvalue weighted by atomic mass is 10.1. The van der Waals surface area contributed by atoms with E-state index in [0.717, 1.165) is 41.7 Å². The van der Waals surface area contributed by atoms with Gasteiger partial charge in [0.1, 0.15) is 5.75 Å². The van der Waals surface area contributed by atoms with Gasteiger partial charge in [-0.25, -0.2) is 14.8 Å². The summed E-state index contributed by atoms with van der Waals surface area (Å²) in [6, 6.07) is 3.55. The molecule has 0 aliphatic heterocycles. The van der Waals surface area contributed by atoms with Crippen molar-refractivity contribution in [2.45, 2.75) is 30.5 Å². The van der Waals surface area contributed by atoms with E-state index in [1.165, 1.54) is 18.6 Å². The Labute approximate surface area is 177 Å². The first-order valence-electron chi connectivity index (χ1n) is 9.09. The number of benzene rings is 1. The van der Waals surface area contributed by atoms with Gasteiger partial charge < -0.3 is 9.47 Å². The Balaban J connectivity index is 1.53. The molecule has 1 aliphatic carbocycles. The topological polar surface area (TPSA) is 120 Å². The van der Waals surface area contributed by atoms with Gasteiger partial charge in [-0.05, 0) is 49.4 Å². The van der Waals surface area contributed by atoms with Gasteiger partial charge in [0.15, 0.2) is 5.69 Å². The fourth-order valence-electron chi connectivity index (χ4n) is 3.07. The summed E-state index contributed by atoms with van der Waals surface area (Å²) < 4.78 is 38.6. The van der Waals surface area contributed by atoms with Crippen molar-refractivity contribution in [3.05, 3.63) is 58.6 Å². The van der Waals surface area contributed by atoms with E-state index in [-0.39, 0.29) is 21.5 Å². The monoisotopic (exact) mass is 446 g/mol. The number of ether oxygens (including phenoxy) is 2. The minimum absolute atomic E-state index is 0.0273. The molecule has 0 atom stereocenters. The van der Waals surface area contributed by atoms with Crippen LogP contribution in [0.1, 0.15) is 33.7 Å². The van der Waals surface area contributed by atoms with E-state index in [4.69, 9.17) is 9.47 Å². The molecular formula is C19H18N4O5S2. The van der Waals surface area contributed by atoms with E-state index in [0.29, 0.717) is 5.69 Å².